The van der Waals surface area contributed by atoms with Crippen molar-refractivity contribution in [3.8, 4) is 0 Å². The van der Waals surface area contributed by atoms with Crippen molar-refractivity contribution in [1.29, 1.82) is 0 Å². The fourth-order valence-corrected chi connectivity index (χ4v) is 2.73. The smallest absolute Gasteiger partial charge is 0.238 e. The van der Waals surface area contributed by atoms with Gasteiger partial charge in [0.05, 0.1) is 4.90 Å². The first-order chi connectivity index (χ1) is 11.3. The summed E-state index contributed by atoms with van der Waals surface area (Å²) in [5.74, 6) is 0. The molecule has 2 aromatic carbocycles. The van der Waals surface area contributed by atoms with E-state index in [2.05, 4.69) is 6.58 Å². The third-order valence-corrected chi connectivity index (χ3v) is 4.43. The Morgan fingerprint density at radius 1 is 1.17 bits per heavy atom. The Balaban J connectivity index is 2.43. The summed E-state index contributed by atoms with van der Waals surface area (Å²) in [6, 6.07) is 15.7. The summed E-state index contributed by atoms with van der Waals surface area (Å²) in [5, 5.41) is 5.11. The zero-order valence-corrected chi connectivity index (χ0v) is 14.1. The quantitative estimate of drug-likeness (QED) is 0.816. The first-order valence-corrected chi connectivity index (χ1v) is 8.75. The van der Waals surface area contributed by atoms with Gasteiger partial charge >= 0.3 is 0 Å². The van der Waals surface area contributed by atoms with Crippen LogP contribution in [-0.4, -0.2) is 22.1 Å². The van der Waals surface area contributed by atoms with E-state index in [4.69, 9.17) is 5.14 Å². The predicted octanol–water partition coefficient (Wildman–Crippen LogP) is 3.34. The lowest BCUT2D eigenvalue weighted by atomic mass is 10.1. The highest BCUT2D eigenvalue weighted by Crippen LogP contribution is 2.26. The predicted molar refractivity (Wildman–Crippen MR) is 95.8 cm³/mol. The number of alkyl halides is 1. The van der Waals surface area contributed by atoms with Crippen LogP contribution in [-0.2, 0) is 10.0 Å². The van der Waals surface area contributed by atoms with Gasteiger partial charge in [0, 0.05) is 18.4 Å². The Hall–Kier alpha value is -2.44. The lowest BCUT2D eigenvalue weighted by Crippen LogP contribution is -2.16. The van der Waals surface area contributed by atoms with E-state index in [-0.39, 0.29) is 4.90 Å². The molecule has 0 saturated carbocycles. The van der Waals surface area contributed by atoms with Gasteiger partial charge < -0.3 is 4.90 Å². The standard InChI is InChI=1S/C18H19FN2O2S/c1-14(13-19)12-18(15-6-4-3-5-7-15)21(2)16-8-10-17(11-9-16)24(20,22)23/h3-12H,1,13H2,2H3,(H2,20,22,23)/b18-12-. The number of halogens is 1. The van der Waals surface area contributed by atoms with Crippen molar-refractivity contribution in [2.45, 2.75) is 4.90 Å². The summed E-state index contributed by atoms with van der Waals surface area (Å²) in [6.45, 7) is 3.04. The number of benzene rings is 2. The molecule has 126 valence electrons. The van der Waals surface area contributed by atoms with Crippen LogP contribution in [0.3, 0.4) is 0 Å². The SMILES string of the molecule is C=C(/C=C(/c1ccccc1)N(C)c1ccc(S(N)(=O)=O)cc1)CF. The number of nitrogens with zero attached hydrogens (tertiary/aromatic N) is 1. The summed E-state index contributed by atoms with van der Waals surface area (Å²) in [5.41, 5.74) is 2.73. The Morgan fingerprint density at radius 2 is 1.75 bits per heavy atom. The lowest BCUT2D eigenvalue weighted by molar-refractivity contribution is 0.550. The van der Waals surface area contributed by atoms with Crippen molar-refractivity contribution in [2.24, 2.45) is 5.14 Å². The molecule has 6 heteroatoms. The third kappa shape index (κ3) is 4.31. The fourth-order valence-electron chi connectivity index (χ4n) is 2.21. The Labute approximate surface area is 141 Å². The zero-order valence-electron chi connectivity index (χ0n) is 13.3. The Kier molecular flexibility index (Phi) is 5.54. The van der Waals surface area contributed by atoms with E-state index in [1.165, 1.54) is 12.1 Å². The number of allylic oxidation sites excluding steroid dienone is 2. The van der Waals surface area contributed by atoms with E-state index in [1.54, 1.807) is 18.2 Å². The van der Waals surface area contributed by atoms with Crippen molar-refractivity contribution in [2.75, 3.05) is 18.6 Å². The van der Waals surface area contributed by atoms with Crippen LogP contribution < -0.4 is 10.0 Å². The van der Waals surface area contributed by atoms with E-state index in [0.717, 1.165) is 16.9 Å². The molecule has 0 spiro atoms. The van der Waals surface area contributed by atoms with Crippen molar-refractivity contribution >= 4 is 21.4 Å². The number of rotatable bonds is 6. The van der Waals surface area contributed by atoms with Gasteiger partial charge in [-0.25, -0.2) is 17.9 Å². The molecule has 0 aliphatic rings. The minimum atomic E-state index is -3.74. The van der Waals surface area contributed by atoms with Gasteiger partial charge in [-0.1, -0.05) is 36.9 Å². The molecule has 2 rings (SSSR count). The van der Waals surface area contributed by atoms with Crippen molar-refractivity contribution in [3.05, 3.63) is 78.4 Å². The second-order valence-corrected chi connectivity index (χ2v) is 6.85. The summed E-state index contributed by atoms with van der Waals surface area (Å²) in [6.07, 6.45) is 1.67. The molecule has 2 aromatic rings. The van der Waals surface area contributed by atoms with Crippen LogP contribution in [0.1, 0.15) is 5.56 Å². The zero-order chi connectivity index (χ0) is 17.7. The van der Waals surface area contributed by atoms with E-state index < -0.39 is 16.7 Å². The fraction of sp³-hybridized carbons (Fsp3) is 0.111. The van der Waals surface area contributed by atoms with Crippen molar-refractivity contribution < 1.29 is 12.8 Å². The average Bonchev–Trinajstić information content (AvgIpc) is 2.59. The van der Waals surface area contributed by atoms with Gasteiger partial charge in [0.25, 0.3) is 0 Å². The van der Waals surface area contributed by atoms with Gasteiger partial charge in [-0.05, 0) is 41.5 Å². The summed E-state index contributed by atoms with van der Waals surface area (Å²) >= 11 is 0. The molecule has 2 N–H and O–H groups in total. The second kappa shape index (κ2) is 7.42. The Morgan fingerprint density at radius 3 is 2.25 bits per heavy atom. The number of anilines is 1. The molecule has 0 aliphatic heterocycles. The van der Waals surface area contributed by atoms with Crippen molar-refractivity contribution in [1.82, 2.24) is 0 Å². The molecular weight excluding hydrogens is 327 g/mol. The minimum absolute atomic E-state index is 0.0399. The third-order valence-electron chi connectivity index (χ3n) is 3.50. The molecule has 0 aromatic heterocycles. The molecule has 24 heavy (non-hydrogen) atoms. The largest absolute Gasteiger partial charge is 0.344 e. The van der Waals surface area contributed by atoms with E-state index in [9.17, 15) is 12.8 Å². The van der Waals surface area contributed by atoms with Crippen LogP contribution in [0.5, 0.6) is 0 Å². The number of nitrogens with two attached hydrogens (primary N) is 1. The topological polar surface area (TPSA) is 63.4 Å². The van der Waals surface area contributed by atoms with Gasteiger partial charge in [-0.3, -0.25) is 0 Å². The molecule has 0 heterocycles. The van der Waals surface area contributed by atoms with Crippen LogP contribution in [0.15, 0.2) is 77.7 Å². The number of hydrogen-bond acceptors (Lipinski definition) is 3. The second-order valence-electron chi connectivity index (χ2n) is 5.29. The van der Waals surface area contributed by atoms with Gasteiger partial charge in [0.2, 0.25) is 10.0 Å². The molecule has 0 amide bonds. The van der Waals surface area contributed by atoms with Crippen LogP contribution in [0, 0.1) is 0 Å². The summed E-state index contributed by atoms with van der Waals surface area (Å²) < 4.78 is 35.6. The maximum atomic E-state index is 12.9. The molecule has 0 radical (unpaired) electrons. The Bertz CT molecular complexity index is 844. The maximum Gasteiger partial charge on any atom is 0.238 e. The molecule has 0 unspecified atom stereocenters. The first-order valence-electron chi connectivity index (χ1n) is 7.20. The van der Waals surface area contributed by atoms with Crippen molar-refractivity contribution in [3.63, 3.8) is 0 Å². The van der Waals surface area contributed by atoms with Gasteiger partial charge in [0.1, 0.15) is 6.67 Å². The molecule has 0 bridgehead atoms. The normalized spacial score (nSPS) is 12.0. The van der Waals surface area contributed by atoms with Gasteiger partial charge in [-0.15, -0.1) is 0 Å². The van der Waals surface area contributed by atoms with Crippen LogP contribution in [0.4, 0.5) is 10.1 Å². The first kappa shape index (κ1) is 17.9. The monoisotopic (exact) mass is 346 g/mol. The number of primary sulfonamides is 1. The van der Waals surface area contributed by atoms with E-state index >= 15 is 0 Å². The molecule has 4 nitrogen and oxygen atoms in total. The molecule has 0 aliphatic carbocycles. The molecular formula is C18H19FN2O2S. The lowest BCUT2D eigenvalue weighted by Gasteiger charge is -2.24. The highest BCUT2D eigenvalue weighted by atomic mass is 32.2. The summed E-state index contributed by atoms with van der Waals surface area (Å²) in [7, 11) is -1.92. The van der Waals surface area contributed by atoms with Crippen LogP contribution >= 0.6 is 0 Å². The van der Waals surface area contributed by atoms with Crippen LogP contribution in [0.2, 0.25) is 0 Å². The summed E-state index contributed by atoms with van der Waals surface area (Å²) in [4.78, 5) is 1.88. The van der Waals surface area contributed by atoms with Crippen LogP contribution in [0.25, 0.3) is 5.70 Å². The highest BCUT2D eigenvalue weighted by Gasteiger charge is 2.12. The van der Waals surface area contributed by atoms with E-state index in [0.29, 0.717) is 5.57 Å². The molecule has 0 atom stereocenters. The molecule has 0 saturated heterocycles. The maximum absolute atomic E-state index is 12.9. The van der Waals surface area contributed by atoms with Gasteiger partial charge in [0.15, 0.2) is 0 Å². The number of hydrogen-bond donors (Lipinski definition) is 1. The molecule has 0 fully saturated rings. The number of sulfonamides is 1. The average molecular weight is 346 g/mol. The van der Waals surface area contributed by atoms with Gasteiger partial charge in [-0.2, -0.15) is 0 Å². The minimum Gasteiger partial charge on any atom is -0.344 e. The van der Waals surface area contributed by atoms with E-state index in [1.807, 2.05) is 42.3 Å². The highest BCUT2D eigenvalue weighted by molar-refractivity contribution is 7.89.